The Labute approximate surface area is 139 Å². The third kappa shape index (κ3) is 5.91. The topological polar surface area (TPSA) is 62.5 Å². The van der Waals surface area contributed by atoms with Gasteiger partial charge in [0.25, 0.3) is 0 Å². The van der Waals surface area contributed by atoms with E-state index in [0.29, 0.717) is 6.54 Å². The van der Waals surface area contributed by atoms with E-state index in [1.54, 1.807) is 17.6 Å². The fraction of sp³-hybridized carbons (Fsp3) is 0.385. The molecule has 0 unspecified atom stereocenters. The Morgan fingerprint density at radius 3 is 2.95 bits per heavy atom. The first-order valence-electron chi connectivity index (χ1n) is 6.32. The summed E-state index contributed by atoms with van der Waals surface area (Å²) < 4.78 is 4.78. The van der Waals surface area contributed by atoms with Gasteiger partial charge >= 0.3 is 0 Å². The van der Waals surface area contributed by atoms with Crippen molar-refractivity contribution in [2.24, 2.45) is 4.99 Å². The molecule has 2 aromatic heterocycles. The molecule has 2 heterocycles. The lowest BCUT2D eigenvalue weighted by molar-refractivity contribution is 0.412. The normalized spacial score (nSPS) is 10.9. The van der Waals surface area contributed by atoms with Gasteiger partial charge in [0.1, 0.15) is 12.0 Å². The van der Waals surface area contributed by atoms with Gasteiger partial charge in [0.05, 0.1) is 6.54 Å². The van der Waals surface area contributed by atoms with Crippen LogP contribution in [-0.4, -0.2) is 24.2 Å². The van der Waals surface area contributed by atoms with E-state index in [9.17, 15) is 0 Å². The summed E-state index contributed by atoms with van der Waals surface area (Å²) in [5.74, 6) is 0.807. The molecular formula is C13H19IN4OS. The highest BCUT2D eigenvalue weighted by Crippen LogP contribution is 2.07. The number of guanidine groups is 1. The number of nitrogens with zero attached hydrogens (tertiary/aromatic N) is 2. The van der Waals surface area contributed by atoms with Crippen LogP contribution in [0.1, 0.15) is 17.5 Å². The van der Waals surface area contributed by atoms with Gasteiger partial charge in [-0.1, -0.05) is 11.2 Å². The molecule has 0 aliphatic carbocycles. The second kappa shape index (κ2) is 9.76. The summed E-state index contributed by atoms with van der Waals surface area (Å²) in [7, 11) is 0. The van der Waals surface area contributed by atoms with Gasteiger partial charge in [-0.2, -0.15) is 0 Å². The van der Waals surface area contributed by atoms with Gasteiger partial charge in [0, 0.05) is 24.0 Å². The van der Waals surface area contributed by atoms with Crippen LogP contribution in [-0.2, 0) is 13.0 Å². The Hall–Kier alpha value is -1.09. The Kier molecular flexibility index (Phi) is 8.28. The number of rotatable bonds is 6. The number of aliphatic imine (C=N–C) groups is 1. The van der Waals surface area contributed by atoms with Crippen LogP contribution in [0, 0.1) is 0 Å². The number of hydrogen-bond acceptors (Lipinski definition) is 4. The van der Waals surface area contributed by atoms with E-state index < -0.39 is 0 Å². The Morgan fingerprint density at radius 1 is 1.40 bits per heavy atom. The largest absolute Gasteiger partial charge is 0.364 e. The van der Waals surface area contributed by atoms with Gasteiger partial charge in [-0.25, -0.2) is 4.99 Å². The highest BCUT2D eigenvalue weighted by molar-refractivity contribution is 14.0. The molecule has 0 saturated carbocycles. The van der Waals surface area contributed by atoms with Crippen molar-refractivity contribution in [1.29, 1.82) is 0 Å². The molecule has 2 rings (SSSR count). The van der Waals surface area contributed by atoms with Gasteiger partial charge < -0.3 is 15.2 Å². The van der Waals surface area contributed by atoms with Crippen LogP contribution in [0.25, 0.3) is 0 Å². The molecule has 0 aliphatic rings. The van der Waals surface area contributed by atoms with Crippen LogP contribution in [0.5, 0.6) is 0 Å². The maximum absolute atomic E-state index is 4.78. The van der Waals surface area contributed by atoms with E-state index in [0.717, 1.165) is 31.2 Å². The number of thiophene rings is 1. The number of nitrogens with one attached hydrogen (secondary N) is 2. The molecular weight excluding hydrogens is 387 g/mol. The molecule has 0 saturated heterocycles. The monoisotopic (exact) mass is 406 g/mol. The first-order valence-corrected chi connectivity index (χ1v) is 7.20. The summed E-state index contributed by atoms with van der Waals surface area (Å²) >= 11 is 1.78. The molecule has 20 heavy (non-hydrogen) atoms. The summed E-state index contributed by atoms with van der Waals surface area (Å²) in [6.07, 6.45) is 2.56. The average Bonchev–Trinajstić information content (AvgIpc) is 3.09. The zero-order valence-corrected chi connectivity index (χ0v) is 14.5. The Balaban J connectivity index is 0.00000200. The maximum Gasteiger partial charge on any atom is 0.191 e. The van der Waals surface area contributed by atoms with E-state index in [1.165, 1.54) is 4.88 Å². The molecule has 2 N–H and O–H groups in total. The van der Waals surface area contributed by atoms with Crippen molar-refractivity contribution in [3.63, 3.8) is 0 Å². The smallest absolute Gasteiger partial charge is 0.191 e. The first-order chi connectivity index (χ1) is 9.38. The molecule has 0 aliphatic heterocycles. The minimum atomic E-state index is 0. The van der Waals surface area contributed by atoms with Crippen LogP contribution < -0.4 is 10.6 Å². The van der Waals surface area contributed by atoms with Gasteiger partial charge in [0.15, 0.2) is 5.96 Å². The van der Waals surface area contributed by atoms with Crippen LogP contribution in [0.15, 0.2) is 39.4 Å². The van der Waals surface area contributed by atoms with Crippen LogP contribution in [0.3, 0.4) is 0 Å². The van der Waals surface area contributed by atoms with Crippen molar-refractivity contribution >= 4 is 41.3 Å². The quantitative estimate of drug-likeness (QED) is 0.440. The standard InChI is InChI=1S/C13H18N4OS.HI/c1-2-14-13(16-10-11-6-8-18-17-11)15-7-5-12-4-3-9-19-12;/h3-4,6,8-9H,2,5,7,10H2,1H3,(H2,14,15,16);1H. The molecule has 2 aromatic rings. The molecule has 7 heteroatoms. The van der Waals surface area contributed by atoms with Crippen LogP contribution >= 0.6 is 35.3 Å². The van der Waals surface area contributed by atoms with Gasteiger partial charge in [0.2, 0.25) is 0 Å². The zero-order valence-electron chi connectivity index (χ0n) is 11.3. The summed E-state index contributed by atoms with van der Waals surface area (Å²) in [6.45, 7) is 4.27. The minimum absolute atomic E-state index is 0. The third-order valence-corrected chi connectivity index (χ3v) is 3.41. The molecule has 0 aromatic carbocycles. The maximum atomic E-state index is 4.78. The lowest BCUT2D eigenvalue weighted by Gasteiger charge is -2.10. The predicted molar refractivity (Wildman–Crippen MR) is 92.8 cm³/mol. The van der Waals surface area contributed by atoms with E-state index >= 15 is 0 Å². The van der Waals surface area contributed by atoms with E-state index in [-0.39, 0.29) is 24.0 Å². The second-order valence-corrected chi connectivity index (χ2v) is 4.97. The number of aromatic nitrogens is 1. The lowest BCUT2D eigenvalue weighted by Crippen LogP contribution is -2.38. The van der Waals surface area contributed by atoms with Crippen molar-refractivity contribution in [3.05, 3.63) is 40.4 Å². The highest BCUT2D eigenvalue weighted by Gasteiger charge is 2.00. The molecule has 0 bridgehead atoms. The molecule has 5 nitrogen and oxygen atoms in total. The molecule has 0 fully saturated rings. The Morgan fingerprint density at radius 2 is 2.30 bits per heavy atom. The van der Waals surface area contributed by atoms with Crippen molar-refractivity contribution in [2.75, 3.05) is 13.1 Å². The summed E-state index contributed by atoms with van der Waals surface area (Å²) in [6, 6.07) is 6.04. The van der Waals surface area contributed by atoms with Crippen LogP contribution in [0.2, 0.25) is 0 Å². The van der Waals surface area contributed by atoms with Gasteiger partial charge in [-0.15, -0.1) is 35.3 Å². The summed E-state index contributed by atoms with van der Waals surface area (Å²) in [5.41, 5.74) is 0.829. The fourth-order valence-electron chi connectivity index (χ4n) is 1.58. The van der Waals surface area contributed by atoms with E-state index in [1.807, 2.05) is 13.0 Å². The molecule has 0 atom stereocenters. The molecule has 110 valence electrons. The van der Waals surface area contributed by atoms with Crippen molar-refractivity contribution in [3.8, 4) is 0 Å². The fourth-order valence-corrected chi connectivity index (χ4v) is 2.29. The van der Waals surface area contributed by atoms with E-state index in [4.69, 9.17) is 4.52 Å². The van der Waals surface area contributed by atoms with Crippen molar-refractivity contribution in [1.82, 2.24) is 15.8 Å². The average molecular weight is 406 g/mol. The van der Waals surface area contributed by atoms with Crippen LogP contribution in [0.4, 0.5) is 0 Å². The van der Waals surface area contributed by atoms with Crippen molar-refractivity contribution < 1.29 is 4.52 Å². The summed E-state index contributed by atoms with van der Waals surface area (Å²) in [4.78, 5) is 5.82. The zero-order chi connectivity index (χ0) is 13.3. The second-order valence-electron chi connectivity index (χ2n) is 3.94. The molecule has 0 radical (unpaired) electrons. The number of hydrogen-bond donors (Lipinski definition) is 2. The van der Waals surface area contributed by atoms with Gasteiger partial charge in [-0.05, 0) is 24.8 Å². The van der Waals surface area contributed by atoms with Gasteiger partial charge in [-0.3, -0.25) is 0 Å². The predicted octanol–water partition coefficient (Wildman–Crippen LogP) is 2.65. The number of halogens is 1. The van der Waals surface area contributed by atoms with E-state index in [2.05, 4.69) is 38.3 Å². The Bertz CT molecular complexity index is 484. The highest BCUT2D eigenvalue weighted by atomic mass is 127. The SMILES string of the molecule is CCNC(=NCc1ccon1)NCCc1cccs1.I. The molecule has 0 spiro atoms. The van der Waals surface area contributed by atoms with Crippen molar-refractivity contribution in [2.45, 2.75) is 19.9 Å². The third-order valence-electron chi connectivity index (χ3n) is 2.48. The lowest BCUT2D eigenvalue weighted by atomic mass is 10.3. The first kappa shape index (κ1) is 17.0. The molecule has 0 amide bonds. The minimum Gasteiger partial charge on any atom is -0.364 e. The summed E-state index contributed by atoms with van der Waals surface area (Å²) in [5, 5.41) is 12.4.